The van der Waals surface area contributed by atoms with Crippen LogP contribution < -0.4 is 4.90 Å². The topological polar surface area (TPSA) is 74.3 Å². The van der Waals surface area contributed by atoms with Gasteiger partial charge in [0.1, 0.15) is 4.88 Å². The molecule has 0 atom stereocenters. The van der Waals surface area contributed by atoms with Gasteiger partial charge in [-0.3, -0.25) is 0 Å². The smallest absolute Gasteiger partial charge is 0.349 e. The number of hydrogen-bond donors (Lipinski definition) is 0. The Balaban J connectivity index is 1.79. The molecule has 0 aliphatic carbocycles. The quantitative estimate of drug-likeness (QED) is 0.774. The van der Waals surface area contributed by atoms with Crippen LogP contribution in [-0.2, 0) is 18.9 Å². The van der Waals surface area contributed by atoms with E-state index in [-0.39, 0.29) is 10.4 Å². The Hall–Kier alpha value is -1.64. The molecule has 0 bridgehead atoms. The highest BCUT2D eigenvalue weighted by atomic mass is 32.1. The number of rotatable bonds is 3. The Morgan fingerprint density at radius 3 is 2.30 bits per heavy atom. The van der Waals surface area contributed by atoms with E-state index in [1.807, 2.05) is 0 Å². The molecule has 3 heterocycles. The summed E-state index contributed by atoms with van der Waals surface area (Å²) in [4.78, 5) is 26.1. The molecule has 0 unspecified atom stereocenters. The van der Waals surface area contributed by atoms with Crippen molar-refractivity contribution in [2.45, 2.75) is 18.6 Å². The van der Waals surface area contributed by atoms with Crippen LogP contribution in [0, 0.1) is 0 Å². The van der Waals surface area contributed by atoms with Gasteiger partial charge >= 0.3 is 11.9 Å². The van der Waals surface area contributed by atoms with Crippen molar-refractivity contribution in [2.24, 2.45) is 0 Å². The number of piperidine rings is 1. The van der Waals surface area contributed by atoms with E-state index in [0.29, 0.717) is 13.2 Å². The van der Waals surface area contributed by atoms with Crippen molar-refractivity contribution in [1.29, 1.82) is 0 Å². The second-order valence-electron chi connectivity index (χ2n) is 5.41. The first kappa shape index (κ1) is 16.2. The molecule has 1 aromatic rings. The third kappa shape index (κ3) is 3.06. The summed E-state index contributed by atoms with van der Waals surface area (Å²) in [5.74, 6) is -1.52. The molecule has 1 aromatic heterocycles. The van der Waals surface area contributed by atoms with Crippen LogP contribution in [-0.4, -0.2) is 58.2 Å². The van der Waals surface area contributed by atoms with Gasteiger partial charge in [-0.1, -0.05) is 0 Å². The van der Waals surface area contributed by atoms with E-state index >= 15 is 0 Å². The highest BCUT2D eigenvalue weighted by Gasteiger charge is 2.40. The van der Waals surface area contributed by atoms with Crippen LogP contribution in [0.5, 0.6) is 0 Å². The minimum atomic E-state index is -0.538. The zero-order valence-corrected chi connectivity index (χ0v) is 13.9. The van der Waals surface area contributed by atoms with E-state index in [9.17, 15) is 9.59 Å². The number of anilines is 1. The molecule has 1 spiro atoms. The molecule has 8 heteroatoms. The summed E-state index contributed by atoms with van der Waals surface area (Å²) < 4.78 is 20.9. The fourth-order valence-electron chi connectivity index (χ4n) is 2.89. The molecule has 7 nitrogen and oxygen atoms in total. The summed E-state index contributed by atoms with van der Waals surface area (Å²) in [5, 5.41) is 0.846. The SMILES string of the molecule is COC(=O)c1cc(N2CCC3(CC2)OCCO3)sc1C(=O)OC. The molecule has 23 heavy (non-hydrogen) atoms. The molecule has 3 rings (SSSR count). The summed E-state index contributed by atoms with van der Waals surface area (Å²) in [5.41, 5.74) is 0.244. The van der Waals surface area contributed by atoms with Gasteiger partial charge in [-0.25, -0.2) is 9.59 Å². The first-order valence-electron chi connectivity index (χ1n) is 7.42. The minimum absolute atomic E-state index is 0.244. The zero-order chi connectivity index (χ0) is 16.4. The molecule has 2 aliphatic rings. The number of esters is 2. The van der Waals surface area contributed by atoms with Gasteiger partial charge in [-0.05, 0) is 6.07 Å². The first-order valence-corrected chi connectivity index (χ1v) is 8.23. The Labute approximate surface area is 138 Å². The van der Waals surface area contributed by atoms with E-state index < -0.39 is 17.7 Å². The van der Waals surface area contributed by atoms with Crippen molar-refractivity contribution in [3.8, 4) is 0 Å². The van der Waals surface area contributed by atoms with Crippen molar-refractivity contribution in [1.82, 2.24) is 0 Å². The minimum Gasteiger partial charge on any atom is -0.465 e. The zero-order valence-electron chi connectivity index (χ0n) is 13.1. The fraction of sp³-hybridized carbons (Fsp3) is 0.600. The van der Waals surface area contributed by atoms with Crippen LogP contribution in [0.3, 0.4) is 0 Å². The summed E-state index contributed by atoms with van der Waals surface area (Å²) >= 11 is 1.24. The van der Waals surface area contributed by atoms with Gasteiger partial charge in [0.25, 0.3) is 0 Å². The van der Waals surface area contributed by atoms with Gasteiger partial charge in [0.05, 0.1) is 38.0 Å². The van der Waals surface area contributed by atoms with Gasteiger partial charge < -0.3 is 23.8 Å². The van der Waals surface area contributed by atoms with Crippen LogP contribution in [0.2, 0.25) is 0 Å². The number of carbonyl (C=O) groups excluding carboxylic acids is 2. The van der Waals surface area contributed by atoms with Crippen LogP contribution in [0.25, 0.3) is 0 Å². The molecule has 0 N–H and O–H groups in total. The summed E-state index contributed by atoms with van der Waals surface area (Å²) in [6.07, 6.45) is 1.51. The normalized spacial score (nSPS) is 19.8. The third-order valence-electron chi connectivity index (χ3n) is 4.15. The van der Waals surface area contributed by atoms with Crippen LogP contribution >= 0.6 is 11.3 Å². The van der Waals surface area contributed by atoms with Crippen LogP contribution in [0.1, 0.15) is 32.9 Å². The Morgan fingerprint density at radius 1 is 1.13 bits per heavy atom. The highest BCUT2D eigenvalue weighted by Crippen LogP contribution is 2.37. The third-order valence-corrected chi connectivity index (χ3v) is 5.32. The maximum absolute atomic E-state index is 11.9. The van der Waals surface area contributed by atoms with E-state index in [1.165, 1.54) is 25.6 Å². The molecule has 126 valence electrons. The van der Waals surface area contributed by atoms with Crippen molar-refractivity contribution in [3.05, 3.63) is 16.5 Å². The summed E-state index contributed by atoms with van der Waals surface area (Å²) in [7, 11) is 2.59. The lowest BCUT2D eigenvalue weighted by atomic mass is 10.0. The van der Waals surface area contributed by atoms with Gasteiger partial charge in [-0.15, -0.1) is 11.3 Å². The number of nitrogens with zero attached hydrogens (tertiary/aromatic N) is 1. The van der Waals surface area contributed by atoms with E-state index in [4.69, 9.17) is 18.9 Å². The molecule has 0 saturated carbocycles. The Kier molecular flexibility index (Phi) is 4.56. The van der Waals surface area contributed by atoms with Crippen molar-refractivity contribution < 1.29 is 28.5 Å². The second-order valence-corrected chi connectivity index (χ2v) is 6.44. The molecular weight excluding hydrogens is 322 g/mol. The monoisotopic (exact) mass is 341 g/mol. The van der Waals surface area contributed by atoms with Crippen molar-refractivity contribution in [2.75, 3.05) is 45.4 Å². The lowest BCUT2D eigenvalue weighted by molar-refractivity contribution is -0.169. The number of methoxy groups -OCH3 is 2. The number of hydrogen-bond acceptors (Lipinski definition) is 8. The van der Waals surface area contributed by atoms with E-state index in [0.717, 1.165) is 30.9 Å². The molecule has 0 amide bonds. The molecule has 0 radical (unpaired) electrons. The fourth-order valence-corrected chi connectivity index (χ4v) is 4.01. The van der Waals surface area contributed by atoms with Gasteiger partial charge in [0, 0.05) is 25.9 Å². The number of ether oxygens (including phenoxy) is 4. The summed E-state index contributed by atoms with van der Waals surface area (Å²) in [6, 6.07) is 1.69. The maximum Gasteiger partial charge on any atom is 0.349 e. The molecule has 2 fully saturated rings. The molecular formula is C15H19NO6S. The largest absolute Gasteiger partial charge is 0.465 e. The molecule has 0 aromatic carbocycles. The van der Waals surface area contributed by atoms with Crippen LogP contribution in [0.4, 0.5) is 5.00 Å². The average molecular weight is 341 g/mol. The second kappa shape index (κ2) is 6.46. The van der Waals surface area contributed by atoms with Crippen molar-refractivity contribution in [3.63, 3.8) is 0 Å². The standard InChI is InChI=1S/C15H19NO6S/c1-19-13(17)10-9-11(23-12(10)14(18)20-2)16-5-3-15(4-6-16)21-7-8-22-15/h9H,3-8H2,1-2H3. The molecule has 2 saturated heterocycles. The predicted octanol–water partition coefficient (Wildman–Crippen LogP) is 1.66. The number of carbonyl (C=O) groups is 2. The first-order chi connectivity index (χ1) is 11.1. The maximum atomic E-state index is 11.9. The lowest BCUT2D eigenvalue weighted by Gasteiger charge is -2.38. The average Bonchev–Trinajstić information content (AvgIpc) is 3.22. The number of thiophene rings is 1. The van der Waals surface area contributed by atoms with Gasteiger partial charge in [-0.2, -0.15) is 0 Å². The van der Waals surface area contributed by atoms with Gasteiger partial charge in [0.15, 0.2) is 5.79 Å². The summed E-state index contributed by atoms with van der Waals surface area (Å²) in [6.45, 7) is 2.75. The van der Waals surface area contributed by atoms with E-state index in [1.54, 1.807) is 6.07 Å². The predicted molar refractivity (Wildman–Crippen MR) is 83.1 cm³/mol. The lowest BCUT2D eigenvalue weighted by Crippen LogP contribution is -2.45. The van der Waals surface area contributed by atoms with E-state index in [2.05, 4.69) is 4.90 Å². The van der Waals surface area contributed by atoms with Crippen LogP contribution in [0.15, 0.2) is 6.07 Å². The Morgan fingerprint density at radius 2 is 1.74 bits per heavy atom. The van der Waals surface area contributed by atoms with Gasteiger partial charge in [0.2, 0.25) is 0 Å². The Bertz CT molecular complexity index is 564. The molecule has 2 aliphatic heterocycles. The van der Waals surface area contributed by atoms with Crippen molar-refractivity contribution >= 4 is 28.3 Å². The highest BCUT2D eigenvalue weighted by molar-refractivity contribution is 7.18.